The minimum absolute atomic E-state index is 0.0633. The van der Waals surface area contributed by atoms with Crippen molar-refractivity contribution in [2.45, 2.75) is 25.9 Å². The van der Waals surface area contributed by atoms with E-state index in [0.717, 1.165) is 0 Å². The number of halogens is 3. The first-order chi connectivity index (χ1) is 9.29. The molecule has 1 unspecified atom stereocenters. The zero-order valence-corrected chi connectivity index (χ0v) is 11.1. The lowest BCUT2D eigenvalue weighted by atomic mass is 9.96. The zero-order chi connectivity index (χ0) is 14.9. The minimum Gasteiger partial charge on any atom is -0.508 e. The van der Waals surface area contributed by atoms with Gasteiger partial charge in [-0.25, -0.2) is 0 Å². The molecule has 1 heterocycles. The van der Waals surface area contributed by atoms with Crippen LogP contribution in [0, 0.1) is 12.8 Å². The number of nitrogens with zero attached hydrogens (tertiary/aromatic N) is 1. The van der Waals surface area contributed by atoms with Crippen LogP contribution in [0.15, 0.2) is 18.2 Å². The van der Waals surface area contributed by atoms with Crippen LogP contribution in [0.2, 0.25) is 0 Å². The fourth-order valence-corrected chi connectivity index (χ4v) is 2.40. The van der Waals surface area contributed by atoms with Crippen LogP contribution in [0.3, 0.4) is 0 Å². The zero-order valence-electron chi connectivity index (χ0n) is 11.1. The van der Waals surface area contributed by atoms with Crippen LogP contribution in [0.1, 0.15) is 28.8 Å². The summed E-state index contributed by atoms with van der Waals surface area (Å²) < 4.78 is 38.2. The summed E-state index contributed by atoms with van der Waals surface area (Å²) in [5.74, 6) is -1.80. The Kier molecular flexibility index (Phi) is 3.92. The van der Waals surface area contributed by atoms with Gasteiger partial charge in [0, 0.05) is 18.7 Å². The van der Waals surface area contributed by atoms with Gasteiger partial charge in [0.2, 0.25) is 0 Å². The molecule has 1 aromatic rings. The molecule has 0 bridgehead atoms. The third-order valence-corrected chi connectivity index (χ3v) is 3.62. The molecular formula is C14H16F3NO2. The standard InChI is InChI=1S/C14H16F3NO2/c1-9-7-10(4-5-12(9)19)13(20)18-6-2-3-11(8-18)14(15,16)17/h4-5,7,11,19H,2-3,6,8H2,1H3. The second-order valence-electron chi connectivity index (χ2n) is 5.13. The fraction of sp³-hybridized carbons (Fsp3) is 0.500. The monoisotopic (exact) mass is 287 g/mol. The molecule has 20 heavy (non-hydrogen) atoms. The summed E-state index contributed by atoms with van der Waals surface area (Å²) in [6.07, 6.45) is -3.83. The lowest BCUT2D eigenvalue weighted by Crippen LogP contribution is -2.44. The predicted octanol–water partition coefficient (Wildman–Crippen LogP) is 3.12. The van der Waals surface area contributed by atoms with Crippen molar-refractivity contribution in [3.8, 4) is 5.75 Å². The molecular weight excluding hydrogens is 271 g/mol. The topological polar surface area (TPSA) is 40.5 Å². The highest BCUT2D eigenvalue weighted by molar-refractivity contribution is 5.94. The van der Waals surface area contributed by atoms with Gasteiger partial charge < -0.3 is 10.0 Å². The molecule has 3 nitrogen and oxygen atoms in total. The Hall–Kier alpha value is -1.72. The fourth-order valence-electron chi connectivity index (χ4n) is 2.40. The molecule has 1 aromatic carbocycles. The molecule has 1 saturated heterocycles. The highest BCUT2D eigenvalue weighted by Crippen LogP contribution is 2.33. The van der Waals surface area contributed by atoms with Crippen molar-refractivity contribution < 1.29 is 23.1 Å². The summed E-state index contributed by atoms with van der Waals surface area (Å²) >= 11 is 0. The number of likely N-dealkylation sites (tertiary alicyclic amines) is 1. The van der Waals surface area contributed by atoms with Gasteiger partial charge in [-0.2, -0.15) is 13.2 Å². The van der Waals surface area contributed by atoms with Crippen LogP contribution in [0.25, 0.3) is 0 Å². The number of alkyl halides is 3. The second-order valence-corrected chi connectivity index (χ2v) is 5.13. The van der Waals surface area contributed by atoms with Gasteiger partial charge in [0.05, 0.1) is 5.92 Å². The van der Waals surface area contributed by atoms with E-state index >= 15 is 0 Å². The average Bonchev–Trinajstić information content (AvgIpc) is 2.40. The van der Waals surface area contributed by atoms with Gasteiger partial charge in [-0.15, -0.1) is 0 Å². The first-order valence-electron chi connectivity index (χ1n) is 6.44. The van der Waals surface area contributed by atoms with Crippen molar-refractivity contribution >= 4 is 5.91 Å². The lowest BCUT2D eigenvalue weighted by Gasteiger charge is -2.33. The van der Waals surface area contributed by atoms with Crippen LogP contribution >= 0.6 is 0 Å². The van der Waals surface area contributed by atoms with Crippen LogP contribution in [0.5, 0.6) is 5.75 Å². The molecule has 1 aliphatic heterocycles. The predicted molar refractivity (Wildman–Crippen MR) is 67.5 cm³/mol. The largest absolute Gasteiger partial charge is 0.508 e. The highest BCUT2D eigenvalue weighted by Gasteiger charge is 2.42. The van der Waals surface area contributed by atoms with E-state index in [9.17, 15) is 23.1 Å². The molecule has 1 amide bonds. The average molecular weight is 287 g/mol. The molecule has 0 aromatic heterocycles. The number of piperidine rings is 1. The van der Waals surface area contributed by atoms with Crippen LogP contribution in [-0.2, 0) is 0 Å². The first kappa shape index (κ1) is 14.7. The number of hydrogen-bond donors (Lipinski definition) is 1. The van der Waals surface area contributed by atoms with E-state index in [0.29, 0.717) is 24.1 Å². The van der Waals surface area contributed by atoms with E-state index in [1.807, 2.05) is 0 Å². The molecule has 0 radical (unpaired) electrons. The highest BCUT2D eigenvalue weighted by atomic mass is 19.4. The van der Waals surface area contributed by atoms with Gasteiger partial charge in [0.15, 0.2) is 0 Å². The maximum Gasteiger partial charge on any atom is 0.393 e. The maximum atomic E-state index is 12.7. The summed E-state index contributed by atoms with van der Waals surface area (Å²) in [6, 6.07) is 4.31. The third-order valence-electron chi connectivity index (χ3n) is 3.62. The molecule has 1 N–H and O–H groups in total. The molecule has 1 aliphatic rings. The molecule has 1 fully saturated rings. The number of phenols is 1. The Morgan fingerprint density at radius 2 is 2.10 bits per heavy atom. The van der Waals surface area contributed by atoms with E-state index in [1.54, 1.807) is 6.92 Å². The van der Waals surface area contributed by atoms with Gasteiger partial charge in [0.1, 0.15) is 5.75 Å². The summed E-state index contributed by atoms with van der Waals surface area (Å²) in [5, 5.41) is 9.41. The molecule has 1 atom stereocenters. The Labute approximate surface area is 115 Å². The molecule has 2 rings (SSSR count). The Bertz CT molecular complexity index is 514. The van der Waals surface area contributed by atoms with E-state index in [4.69, 9.17) is 0 Å². The summed E-state index contributed by atoms with van der Waals surface area (Å²) in [7, 11) is 0. The van der Waals surface area contributed by atoms with Crippen molar-refractivity contribution in [1.29, 1.82) is 0 Å². The first-order valence-corrected chi connectivity index (χ1v) is 6.44. The SMILES string of the molecule is Cc1cc(C(=O)N2CCCC(C(F)(F)F)C2)ccc1O. The molecule has 6 heteroatoms. The van der Waals surface area contributed by atoms with Gasteiger partial charge in [-0.1, -0.05) is 0 Å². The minimum atomic E-state index is -4.26. The van der Waals surface area contributed by atoms with Crippen molar-refractivity contribution in [2.24, 2.45) is 5.92 Å². The molecule has 0 saturated carbocycles. The molecule has 110 valence electrons. The Morgan fingerprint density at radius 1 is 1.40 bits per heavy atom. The Balaban J connectivity index is 2.14. The van der Waals surface area contributed by atoms with E-state index < -0.39 is 18.0 Å². The summed E-state index contributed by atoms with van der Waals surface area (Å²) in [6.45, 7) is 1.69. The Morgan fingerprint density at radius 3 is 2.70 bits per heavy atom. The summed E-state index contributed by atoms with van der Waals surface area (Å²) in [4.78, 5) is 13.5. The number of amides is 1. The van der Waals surface area contributed by atoms with Gasteiger partial charge in [-0.05, 0) is 43.5 Å². The number of hydrogen-bond acceptors (Lipinski definition) is 2. The van der Waals surface area contributed by atoms with E-state index in [1.165, 1.54) is 23.1 Å². The maximum absolute atomic E-state index is 12.7. The van der Waals surface area contributed by atoms with Crippen LogP contribution in [-0.4, -0.2) is 35.2 Å². The molecule has 0 spiro atoms. The van der Waals surface area contributed by atoms with Gasteiger partial charge >= 0.3 is 6.18 Å². The quantitative estimate of drug-likeness (QED) is 0.862. The normalized spacial score (nSPS) is 20.0. The van der Waals surface area contributed by atoms with E-state index in [-0.39, 0.29) is 18.7 Å². The smallest absolute Gasteiger partial charge is 0.393 e. The molecule has 0 aliphatic carbocycles. The number of phenolic OH excluding ortho intramolecular Hbond substituents is 1. The van der Waals surface area contributed by atoms with Crippen LogP contribution < -0.4 is 0 Å². The van der Waals surface area contributed by atoms with Gasteiger partial charge in [0.25, 0.3) is 5.91 Å². The van der Waals surface area contributed by atoms with Crippen molar-refractivity contribution in [3.63, 3.8) is 0 Å². The van der Waals surface area contributed by atoms with E-state index in [2.05, 4.69) is 0 Å². The number of carbonyl (C=O) groups excluding carboxylic acids is 1. The number of carbonyl (C=O) groups is 1. The number of benzene rings is 1. The second kappa shape index (κ2) is 5.34. The van der Waals surface area contributed by atoms with Crippen molar-refractivity contribution in [1.82, 2.24) is 4.90 Å². The number of aromatic hydroxyl groups is 1. The lowest BCUT2D eigenvalue weighted by molar-refractivity contribution is -0.184. The number of aryl methyl sites for hydroxylation is 1. The van der Waals surface area contributed by atoms with Gasteiger partial charge in [-0.3, -0.25) is 4.79 Å². The summed E-state index contributed by atoms with van der Waals surface area (Å²) in [5.41, 5.74) is 0.836. The van der Waals surface area contributed by atoms with Crippen LogP contribution in [0.4, 0.5) is 13.2 Å². The number of rotatable bonds is 1. The van der Waals surface area contributed by atoms with Crippen molar-refractivity contribution in [3.05, 3.63) is 29.3 Å². The van der Waals surface area contributed by atoms with Crippen molar-refractivity contribution in [2.75, 3.05) is 13.1 Å². The third kappa shape index (κ3) is 3.05.